The predicted octanol–water partition coefficient (Wildman–Crippen LogP) is 3.46. The van der Waals surface area contributed by atoms with Crippen molar-refractivity contribution in [1.82, 2.24) is 0 Å². The molecule has 0 radical (unpaired) electrons. The molecule has 0 unspecified atom stereocenters. The fraction of sp³-hybridized carbons (Fsp3) is 0.133. The van der Waals surface area contributed by atoms with Crippen LogP contribution in [0.5, 0.6) is 0 Å². The van der Waals surface area contributed by atoms with Gasteiger partial charge in [-0.05, 0) is 0 Å². The molecule has 2 aromatic carbocycles. The molecule has 1 N–H and O–H groups in total. The van der Waals surface area contributed by atoms with E-state index < -0.39 is 19.6 Å². The van der Waals surface area contributed by atoms with Crippen molar-refractivity contribution in [3.8, 4) is 0 Å². The number of hydrogen-bond acceptors (Lipinski definition) is 3. The van der Waals surface area contributed by atoms with Gasteiger partial charge in [0.15, 0.2) is 0 Å². The molecule has 0 atom stereocenters. The van der Waals surface area contributed by atoms with Gasteiger partial charge in [-0.25, -0.2) is 0 Å². The molecule has 0 spiro atoms. The van der Waals surface area contributed by atoms with Crippen molar-refractivity contribution < 1.29 is 9.72 Å². The summed E-state index contributed by atoms with van der Waals surface area (Å²) in [6.45, 7) is 0. The number of nitro groups is 1. The third-order valence-corrected chi connectivity index (χ3v) is 6.10. The Morgan fingerprint density at radius 2 is 1.95 bits per heavy atom. The Labute approximate surface area is 137 Å². The van der Waals surface area contributed by atoms with Gasteiger partial charge in [0.25, 0.3) is 0 Å². The normalized spacial score (nSPS) is 10.5. The third-order valence-electron chi connectivity index (χ3n) is 3.03. The van der Waals surface area contributed by atoms with E-state index in [-0.39, 0.29) is 16.6 Å². The van der Waals surface area contributed by atoms with Crippen LogP contribution in [0.1, 0.15) is 10.4 Å². The van der Waals surface area contributed by atoms with E-state index in [1.54, 1.807) is 6.07 Å². The van der Waals surface area contributed by atoms with E-state index in [2.05, 4.69) is 16.7 Å². The van der Waals surface area contributed by atoms with Crippen LogP contribution in [0.2, 0.25) is 16.4 Å². The molecule has 0 fully saturated rings. The number of anilines is 1. The van der Waals surface area contributed by atoms with Crippen molar-refractivity contribution in [3.05, 3.63) is 63.2 Å². The number of hydrogen-bond donors (Lipinski definition) is 1. The Kier molecular flexibility index (Phi) is 5.22. The molecule has 22 heavy (non-hydrogen) atoms. The van der Waals surface area contributed by atoms with Gasteiger partial charge in [-0.2, -0.15) is 0 Å². The Morgan fingerprint density at radius 3 is 2.59 bits per heavy atom. The van der Waals surface area contributed by atoms with Crippen LogP contribution in [-0.4, -0.2) is 25.5 Å². The third kappa shape index (κ3) is 3.87. The zero-order valence-electron chi connectivity index (χ0n) is 12.0. The molecule has 0 bridgehead atoms. The van der Waals surface area contributed by atoms with Crippen LogP contribution >= 0.6 is 11.6 Å². The molecule has 0 saturated carbocycles. The van der Waals surface area contributed by atoms with Crippen LogP contribution in [0.4, 0.5) is 11.4 Å². The molecule has 0 aliphatic heterocycles. The van der Waals surface area contributed by atoms with Crippen LogP contribution in [0.15, 0.2) is 42.5 Å². The van der Waals surface area contributed by atoms with Crippen molar-refractivity contribution in [1.29, 1.82) is 0 Å². The maximum atomic E-state index is 12.3. The topological polar surface area (TPSA) is 72.2 Å². The summed E-state index contributed by atoms with van der Waals surface area (Å²) >= 11 is 4.69. The van der Waals surface area contributed by atoms with Gasteiger partial charge in [0.2, 0.25) is 0 Å². The first-order chi connectivity index (χ1) is 10.4. The minimum absolute atomic E-state index is 0.0381. The van der Waals surface area contributed by atoms with E-state index in [0.29, 0.717) is 11.3 Å². The number of nitrogens with one attached hydrogen (secondary N) is 1. The summed E-state index contributed by atoms with van der Waals surface area (Å²) in [4.78, 5) is 22.5. The van der Waals surface area contributed by atoms with Gasteiger partial charge in [0.1, 0.15) is 0 Å². The average molecular weight is 381 g/mol. The Hall–Kier alpha value is -1.84. The monoisotopic (exact) mass is 380 g/mol. The molecular formula is C15H14AsClN2O3. The first kappa shape index (κ1) is 16.5. The summed E-state index contributed by atoms with van der Waals surface area (Å²) in [7, 11) is 0. The minimum atomic E-state index is -1.06. The maximum absolute atomic E-state index is 12.3. The number of halogens is 1. The summed E-state index contributed by atoms with van der Waals surface area (Å²) in [6.07, 6.45) is 0. The zero-order valence-corrected chi connectivity index (χ0v) is 14.7. The van der Waals surface area contributed by atoms with Gasteiger partial charge < -0.3 is 0 Å². The Balaban J connectivity index is 2.24. The van der Waals surface area contributed by atoms with Gasteiger partial charge in [-0.15, -0.1) is 0 Å². The first-order valence-electron chi connectivity index (χ1n) is 6.41. The SMILES string of the molecule is C[As](C)c1cccc(C(=O)Nc2ccc(Cl)c([N+](=O)[O-])c2)c1. The summed E-state index contributed by atoms with van der Waals surface area (Å²) < 4.78 is 1.20. The summed E-state index contributed by atoms with van der Waals surface area (Å²) in [5, 5.41) is 13.6. The van der Waals surface area contributed by atoms with E-state index in [1.165, 1.54) is 22.6 Å². The molecule has 2 aromatic rings. The van der Waals surface area contributed by atoms with Crippen LogP contribution < -0.4 is 9.67 Å². The standard InChI is InChI=1S/C15H14AsClN2O3/c1-16(2)11-5-3-4-10(8-11)15(20)18-12-6-7-13(17)14(9-12)19(21)22/h3-9H,1-2H3,(H,18,20). The number of carbonyl (C=O) groups excluding carboxylic acids is 1. The van der Waals surface area contributed by atoms with Gasteiger partial charge in [0.05, 0.1) is 0 Å². The summed E-state index contributed by atoms with van der Waals surface area (Å²) in [5.74, 6) is -0.297. The molecule has 0 aliphatic rings. The number of nitro benzene ring substituents is 1. The summed E-state index contributed by atoms with van der Waals surface area (Å²) in [5.41, 5.74) is 5.02. The number of rotatable bonds is 4. The van der Waals surface area contributed by atoms with Crippen LogP contribution in [0, 0.1) is 10.1 Å². The van der Waals surface area contributed by atoms with E-state index in [9.17, 15) is 14.9 Å². The van der Waals surface area contributed by atoms with Gasteiger partial charge in [-0.1, -0.05) is 0 Å². The number of amides is 1. The fourth-order valence-electron chi connectivity index (χ4n) is 1.86. The second-order valence-corrected chi connectivity index (χ2v) is 10.1. The zero-order chi connectivity index (χ0) is 16.3. The van der Waals surface area contributed by atoms with Crippen molar-refractivity contribution in [2.45, 2.75) is 11.4 Å². The number of nitrogens with zero attached hydrogens (tertiary/aromatic N) is 1. The first-order valence-corrected chi connectivity index (χ1v) is 11.5. The second-order valence-electron chi connectivity index (χ2n) is 4.82. The fourth-order valence-corrected chi connectivity index (χ4v) is 3.69. The second kappa shape index (κ2) is 6.95. The molecular weight excluding hydrogens is 367 g/mol. The number of carbonyl (C=O) groups is 1. The van der Waals surface area contributed by atoms with Crippen LogP contribution in [-0.2, 0) is 0 Å². The molecule has 0 aliphatic carbocycles. The molecule has 114 valence electrons. The predicted molar refractivity (Wildman–Crippen MR) is 89.6 cm³/mol. The van der Waals surface area contributed by atoms with Crippen molar-refractivity contribution in [2.24, 2.45) is 0 Å². The molecule has 0 heterocycles. The van der Waals surface area contributed by atoms with Gasteiger partial charge in [0, 0.05) is 0 Å². The van der Waals surface area contributed by atoms with Crippen molar-refractivity contribution in [3.63, 3.8) is 0 Å². The molecule has 5 nitrogen and oxygen atoms in total. The number of benzene rings is 2. The quantitative estimate of drug-likeness (QED) is 0.501. The van der Waals surface area contributed by atoms with Crippen LogP contribution in [0.25, 0.3) is 0 Å². The van der Waals surface area contributed by atoms with Crippen LogP contribution in [0.3, 0.4) is 0 Å². The Morgan fingerprint density at radius 1 is 1.23 bits per heavy atom. The molecule has 0 saturated heterocycles. The van der Waals surface area contributed by atoms with E-state index in [0.717, 1.165) is 0 Å². The molecule has 1 amide bonds. The molecule has 7 heteroatoms. The van der Waals surface area contributed by atoms with E-state index in [1.807, 2.05) is 18.2 Å². The molecule has 2 rings (SSSR count). The van der Waals surface area contributed by atoms with Crippen molar-refractivity contribution in [2.75, 3.05) is 5.32 Å². The van der Waals surface area contributed by atoms with Gasteiger partial charge in [-0.3, -0.25) is 0 Å². The van der Waals surface area contributed by atoms with Crippen molar-refractivity contribution >= 4 is 47.9 Å². The Bertz CT molecular complexity index is 734. The summed E-state index contributed by atoms with van der Waals surface area (Å²) in [6, 6.07) is 11.7. The molecule has 0 aromatic heterocycles. The van der Waals surface area contributed by atoms with E-state index in [4.69, 9.17) is 11.6 Å². The van der Waals surface area contributed by atoms with E-state index >= 15 is 0 Å². The van der Waals surface area contributed by atoms with Gasteiger partial charge >= 0.3 is 138 Å². The average Bonchev–Trinajstić information content (AvgIpc) is 2.49.